The Kier molecular flexibility index (Phi) is 14.5. The summed E-state index contributed by atoms with van der Waals surface area (Å²) in [7, 11) is 1.83. The fraction of sp³-hybridized carbons (Fsp3) is 0.394. The van der Waals surface area contributed by atoms with Gasteiger partial charge in [0.25, 0.3) is 0 Å². The smallest absolute Gasteiger partial charge is 0.161 e. The average molecular weight is 548 g/mol. The Morgan fingerprint density at radius 3 is 2.15 bits per heavy atom. The number of nitrogens with zero attached hydrogens (tertiary/aromatic N) is 2. The molecule has 1 fully saturated rings. The second-order valence-corrected chi connectivity index (χ2v) is 9.60. The van der Waals surface area contributed by atoms with E-state index in [-0.39, 0.29) is 17.1 Å². The number of nitrogens with one attached hydrogen (secondary N) is 1. The number of rotatable bonds is 9. The topological polar surface area (TPSA) is 82.1 Å². The van der Waals surface area contributed by atoms with Gasteiger partial charge in [0.15, 0.2) is 12.1 Å². The lowest BCUT2D eigenvalue weighted by Crippen LogP contribution is -2.47. The first-order valence-corrected chi connectivity index (χ1v) is 14.1. The van der Waals surface area contributed by atoms with Crippen LogP contribution in [0, 0.1) is 0 Å². The summed E-state index contributed by atoms with van der Waals surface area (Å²) in [6.45, 7) is 15.0. The number of carbonyl (C=O) groups excluding carboxylic acids is 2. The molecule has 3 aromatic rings. The lowest BCUT2D eigenvalue weighted by Gasteiger charge is -2.33. The van der Waals surface area contributed by atoms with Gasteiger partial charge in [-0.05, 0) is 54.9 Å². The maximum atomic E-state index is 11.4. The number of aldehydes is 1. The molecule has 7 heteroatoms. The van der Waals surface area contributed by atoms with Crippen LogP contribution in [0.4, 0.5) is 5.69 Å². The van der Waals surface area contributed by atoms with E-state index >= 15 is 0 Å². The molecule has 0 aromatic heterocycles. The molecule has 2 N–H and O–H groups in total. The fourth-order valence-electron chi connectivity index (χ4n) is 4.21. The highest BCUT2D eigenvalue weighted by Crippen LogP contribution is 2.25. The SMILES string of the molecule is CCC.CCN1CCN(CCOc2ccc(O)c(C=O)c2)CC1.CNc1cc(-c2ccccc2)ccc1C(C)=O. The molecule has 0 spiro atoms. The van der Waals surface area contributed by atoms with Gasteiger partial charge in [-0.15, -0.1) is 0 Å². The number of hydrogen-bond donors (Lipinski definition) is 2. The predicted octanol–water partition coefficient (Wildman–Crippen LogP) is 6.24. The van der Waals surface area contributed by atoms with E-state index in [0.717, 1.165) is 61.6 Å². The van der Waals surface area contributed by atoms with Crippen LogP contribution in [0.2, 0.25) is 0 Å². The molecule has 7 nitrogen and oxygen atoms in total. The van der Waals surface area contributed by atoms with Crippen LogP contribution in [0.3, 0.4) is 0 Å². The van der Waals surface area contributed by atoms with E-state index in [2.05, 4.69) is 48.0 Å². The minimum Gasteiger partial charge on any atom is -0.507 e. The van der Waals surface area contributed by atoms with E-state index in [1.807, 2.05) is 43.4 Å². The van der Waals surface area contributed by atoms with Gasteiger partial charge in [-0.1, -0.05) is 63.6 Å². The number of carbonyl (C=O) groups is 2. The van der Waals surface area contributed by atoms with Gasteiger partial charge in [-0.25, -0.2) is 0 Å². The Labute approximate surface area is 239 Å². The summed E-state index contributed by atoms with van der Waals surface area (Å²) in [6.07, 6.45) is 1.88. The molecule has 40 heavy (non-hydrogen) atoms. The van der Waals surface area contributed by atoms with Crippen molar-refractivity contribution >= 4 is 17.8 Å². The van der Waals surface area contributed by atoms with Gasteiger partial charge in [-0.2, -0.15) is 0 Å². The van der Waals surface area contributed by atoms with Gasteiger partial charge < -0.3 is 20.1 Å². The summed E-state index contributed by atoms with van der Waals surface area (Å²) < 4.78 is 5.63. The highest BCUT2D eigenvalue weighted by Gasteiger charge is 2.15. The minimum absolute atomic E-state index is 0.0111. The number of ketones is 1. The van der Waals surface area contributed by atoms with Crippen molar-refractivity contribution in [2.75, 3.05) is 58.2 Å². The highest BCUT2D eigenvalue weighted by atomic mass is 16.5. The second kappa shape index (κ2) is 17.8. The number of anilines is 1. The van der Waals surface area contributed by atoms with Crippen molar-refractivity contribution in [3.8, 4) is 22.6 Å². The van der Waals surface area contributed by atoms with E-state index in [1.54, 1.807) is 19.1 Å². The zero-order valence-corrected chi connectivity index (χ0v) is 24.7. The molecule has 1 heterocycles. The first kappa shape index (κ1) is 32.5. The largest absolute Gasteiger partial charge is 0.507 e. The fourth-order valence-corrected chi connectivity index (χ4v) is 4.21. The number of phenols is 1. The zero-order valence-electron chi connectivity index (χ0n) is 24.7. The van der Waals surface area contributed by atoms with Crippen molar-refractivity contribution in [3.63, 3.8) is 0 Å². The Morgan fingerprint density at radius 2 is 1.57 bits per heavy atom. The number of likely N-dealkylation sites (N-methyl/N-ethyl adjacent to an activating group) is 1. The summed E-state index contributed by atoms with van der Waals surface area (Å²) in [5.41, 5.74) is 4.13. The molecule has 3 aromatic carbocycles. The van der Waals surface area contributed by atoms with Crippen LogP contribution in [0.15, 0.2) is 66.7 Å². The molecule has 1 aliphatic rings. The maximum Gasteiger partial charge on any atom is 0.161 e. The molecule has 1 aliphatic heterocycles. The third-order valence-electron chi connectivity index (χ3n) is 6.49. The maximum absolute atomic E-state index is 11.4. The van der Waals surface area contributed by atoms with Gasteiger partial charge in [-0.3, -0.25) is 14.5 Å². The van der Waals surface area contributed by atoms with Gasteiger partial charge in [0.1, 0.15) is 18.1 Å². The second-order valence-electron chi connectivity index (χ2n) is 9.60. The average Bonchev–Trinajstić information content (AvgIpc) is 2.99. The standard InChI is InChI=1S/C15H22N2O3.C15H15NO.C3H8/c1-2-16-5-7-17(8-6-16)9-10-20-14-3-4-15(19)13(11-14)12-18;1-11(17)14-9-8-13(10-15(14)16-2)12-6-4-3-5-7-12;1-3-2/h3-4,11-12,19H,2,5-10H2,1H3;3-10,16H,1-2H3;3H2,1-2H3. The van der Waals surface area contributed by atoms with Gasteiger partial charge in [0.05, 0.1) is 5.56 Å². The Hall–Kier alpha value is -3.68. The molecule has 0 aliphatic carbocycles. The molecule has 0 atom stereocenters. The van der Waals surface area contributed by atoms with Crippen LogP contribution in [-0.4, -0.2) is 79.9 Å². The molecule has 1 saturated heterocycles. The van der Waals surface area contributed by atoms with Crippen molar-refractivity contribution in [1.82, 2.24) is 9.80 Å². The minimum atomic E-state index is -0.0111. The molecule has 0 saturated carbocycles. The summed E-state index contributed by atoms with van der Waals surface area (Å²) >= 11 is 0. The van der Waals surface area contributed by atoms with Crippen LogP contribution in [0.25, 0.3) is 11.1 Å². The molecule has 0 radical (unpaired) electrons. The van der Waals surface area contributed by atoms with E-state index in [1.165, 1.54) is 12.5 Å². The van der Waals surface area contributed by atoms with E-state index in [0.29, 0.717) is 18.6 Å². The third-order valence-corrected chi connectivity index (χ3v) is 6.49. The number of piperazine rings is 1. The van der Waals surface area contributed by atoms with Crippen molar-refractivity contribution < 1.29 is 19.4 Å². The van der Waals surface area contributed by atoms with Crippen LogP contribution >= 0.6 is 0 Å². The monoisotopic (exact) mass is 547 g/mol. The van der Waals surface area contributed by atoms with Crippen molar-refractivity contribution in [2.24, 2.45) is 0 Å². The number of phenolic OH excluding ortho intramolecular Hbond substituents is 1. The molecule has 0 amide bonds. The lowest BCUT2D eigenvalue weighted by molar-refractivity contribution is 0.101. The van der Waals surface area contributed by atoms with Crippen molar-refractivity contribution in [1.29, 1.82) is 0 Å². The predicted molar refractivity (Wildman–Crippen MR) is 165 cm³/mol. The van der Waals surface area contributed by atoms with Crippen LogP contribution in [0.5, 0.6) is 11.5 Å². The number of Topliss-reactive ketones (excluding diaryl/α,β-unsaturated/α-hetero) is 1. The normalized spacial score (nSPS) is 13.2. The Bertz CT molecular complexity index is 1180. The quantitative estimate of drug-likeness (QED) is 0.243. The summed E-state index contributed by atoms with van der Waals surface area (Å²) in [5, 5.41) is 12.5. The first-order chi connectivity index (χ1) is 19.4. The first-order valence-electron chi connectivity index (χ1n) is 14.1. The summed E-state index contributed by atoms with van der Waals surface area (Å²) in [5.74, 6) is 0.689. The van der Waals surface area contributed by atoms with E-state index in [9.17, 15) is 14.7 Å². The van der Waals surface area contributed by atoms with E-state index < -0.39 is 0 Å². The van der Waals surface area contributed by atoms with Crippen LogP contribution in [-0.2, 0) is 0 Å². The van der Waals surface area contributed by atoms with Gasteiger partial charge in [0.2, 0.25) is 0 Å². The lowest BCUT2D eigenvalue weighted by atomic mass is 10.0. The number of benzene rings is 3. The van der Waals surface area contributed by atoms with Crippen molar-refractivity contribution in [3.05, 3.63) is 77.9 Å². The van der Waals surface area contributed by atoms with Crippen molar-refractivity contribution in [2.45, 2.75) is 34.1 Å². The number of aromatic hydroxyl groups is 1. The Balaban J connectivity index is 0.000000258. The van der Waals surface area contributed by atoms with Gasteiger partial charge >= 0.3 is 0 Å². The number of ether oxygens (including phenoxy) is 1. The summed E-state index contributed by atoms with van der Waals surface area (Å²) in [6, 6.07) is 20.7. The molecular weight excluding hydrogens is 502 g/mol. The zero-order chi connectivity index (χ0) is 29.3. The van der Waals surface area contributed by atoms with Crippen LogP contribution < -0.4 is 10.1 Å². The molecular formula is C33H45N3O4. The summed E-state index contributed by atoms with van der Waals surface area (Å²) in [4.78, 5) is 27.0. The Morgan fingerprint density at radius 1 is 0.925 bits per heavy atom. The van der Waals surface area contributed by atoms with Gasteiger partial charge in [0, 0.05) is 51.0 Å². The van der Waals surface area contributed by atoms with Crippen LogP contribution in [0.1, 0.15) is 54.8 Å². The molecule has 4 rings (SSSR count). The molecule has 0 bridgehead atoms. The number of hydrogen-bond acceptors (Lipinski definition) is 7. The molecule has 216 valence electrons. The highest BCUT2D eigenvalue weighted by molar-refractivity contribution is 6.00. The third kappa shape index (κ3) is 10.5. The van der Waals surface area contributed by atoms with E-state index in [4.69, 9.17) is 4.74 Å². The molecule has 0 unspecified atom stereocenters.